The third-order valence-electron chi connectivity index (χ3n) is 2.20. The number of aromatic nitrogens is 2. The molecule has 18 heavy (non-hydrogen) atoms. The quantitative estimate of drug-likeness (QED) is 0.801. The fraction of sp³-hybridized carbons (Fsp3) is 0.0909. The molecule has 7 heteroatoms. The number of hydrogen-bond acceptors (Lipinski definition) is 2. The van der Waals surface area contributed by atoms with Gasteiger partial charge in [0.05, 0.1) is 10.6 Å². The van der Waals surface area contributed by atoms with Gasteiger partial charge in [-0.25, -0.2) is 4.98 Å². The number of rotatable bonds is 1. The molecular weight excluding hydrogens is 269 g/mol. The number of alkyl halides is 3. The van der Waals surface area contributed by atoms with Gasteiger partial charge in [0.15, 0.2) is 5.82 Å². The largest absolute Gasteiger partial charge is 0.417 e. The molecule has 0 aliphatic heterocycles. The second-order valence-corrected chi connectivity index (χ2v) is 3.84. The summed E-state index contributed by atoms with van der Waals surface area (Å²) in [7, 11) is 0. The van der Waals surface area contributed by atoms with Gasteiger partial charge < -0.3 is 0 Å². The first-order valence-electron chi connectivity index (χ1n) is 4.80. The lowest BCUT2D eigenvalue weighted by atomic mass is 10.2. The van der Waals surface area contributed by atoms with Crippen molar-refractivity contribution >= 4 is 11.6 Å². The van der Waals surface area contributed by atoms with Gasteiger partial charge in [-0.1, -0.05) is 17.7 Å². The van der Waals surface area contributed by atoms with Crippen LogP contribution in [-0.2, 0) is 6.18 Å². The molecule has 0 atom stereocenters. The van der Waals surface area contributed by atoms with Crippen molar-refractivity contribution in [2.45, 2.75) is 6.18 Å². The van der Waals surface area contributed by atoms with Crippen LogP contribution in [0, 0.1) is 0 Å². The van der Waals surface area contributed by atoms with Crippen molar-refractivity contribution in [1.29, 1.82) is 0 Å². The highest BCUT2D eigenvalue weighted by Gasteiger charge is 2.31. The summed E-state index contributed by atoms with van der Waals surface area (Å²) in [6.07, 6.45) is -2.50. The molecule has 0 unspecified atom stereocenters. The van der Waals surface area contributed by atoms with E-state index in [1.165, 1.54) is 18.3 Å². The lowest BCUT2D eigenvalue weighted by Gasteiger charge is -2.10. The van der Waals surface area contributed by atoms with E-state index < -0.39 is 17.3 Å². The average molecular weight is 275 g/mol. The van der Waals surface area contributed by atoms with Gasteiger partial charge in [-0.2, -0.15) is 13.2 Å². The van der Waals surface area contributed by atoms with Crippen LogP contribution in [0.1, 0.15) is 5.56 Å². The molecule has 0 saturated carbocycles. The fourth-order valence-corrected chi connectivity index (χ4v) is 1.62. The van der Waals surface area contributed by atoms with Gasteiger partial charge in [0.1, 0.15) is 0 Å². The highest BCUT2D eigenvalue weighted by molar-refractivity contribution is 6.32. The summed E-state index contributed by atoms with van der Waals surface area (Å²) >= 11 is 5.72. The smallest absolute Gasteiger partial charge is 0.269 e. The Balaban J connectivity index is 2.56. The van der Waals surface area contributed by atoms with Crippen molar-refractivity contribution in [1.82, 2.24) is 9.55 Å². The van der Waals surface area contributed by atoms with E-state index in [2.05, 4.69) is 4.98 Å². The first kappa shape index (κ1) is 12.6. The Hall–Kier alpha value is -1.82. The van der Waals surface area contributed by atoms with Crippen LogP contribution >= 0.6 is 11.6 Å². The first-order valence-corrected chi connectivity index (χ1v) is 5.18. The SMILES string of the molecule is O=c1ccccn1-c1ncc(C(F)(F)F)cc1Cl. The molecule has 2 aromatic rings. The minimum absolute atomic E-state index is 0.0322. The third-order valence-corrected chi connectivity index (χ3v) is 2.48. The van der Waals surface area contributed by atoms with E-state index in [-0.39, 0.29) is 10.8 Å². The fourth-order valence-electron chi connectivity index (χ4n) is 1.37. The maximum absolute atomic E-state index is 12.4. The van der Waals surface area contributed by atoms with Gasteiger partial charge >= 0.3 is 6.18 Å². The van der Waals surface area contributed by atoms with Crippen molar-refractivity contribution in [3.63, 3.8) is 0 Å². The zero-order valence-corrected chi connectivity index (χ0v) is 9.53. The van der Waals surface area contributed by atoms with Crippen molar-refractivity contribution in [3.05, 3.63) is 57.6 Å². The summed E-state index contributed by atoms with van der Waals surface area (Å²) in [5.74, 6) is -0.0322. The van der Waals surface area contributed by atoms with E-state index in [0.717, 1.165) is 10.6 Å². The van der Waals surface area contributed by atoms with Gasteiger partial charge in [-0.05, 0) is 12.1 Å². The summed E-state index contributed by atoms with van der Waals surface area (Å²) in [6, 6.07) is 5.06. The Morgan fingerprint density at radius 1 is 1.28 bits per heavy atom. The van der Waals surface area contributed by atoms with E-state index in [4.69, 9.17) is 11.6 Å². The summed E-state index contributed by atoms with van der Waals surface area (Å²) in [5.41, 5.74) is -1.38. The maximum atomic E-state index is 12.4. The average Bonchev–Trinajstić information content (AvgIpc) is 2.29. The third kappa shape index (κ3) is 2.38. The molecular formula is C11H6ClF3N2O. The monoisotopic (exact) mass is 274 g/mol. The Kier molecular flexibility index (Phi) is 3.13. The molecule has 0 saturated heterocycles. The lowest BCUT2D eigenvalue weighted by Crippen LogP contribution is -2.18. The topological polar surface area (TPSA) is 34.9 Å². The van der Waals surface area contributed by atoms with E-state index in [1.54, 1.807) is 6.07 Å². The lowest BCUT2D eigenvalue weighted by molar-refractivity contribution is -0.137. The van der Waals surface area contributed by atoms with Gasteiger partial charge in [0.25, 0.3) is 5.56 Å². The summed E-state index contributed by atoms with van der Waals surface area (Å²) in [4.78, 5) is 15.1. The molecule has 0 bridgehead atoms. The van der Waals surface area contributed by atoms with Crippen LogP contribution in [0.5, 0.6) is 0 Å². The summed E-state index contributed by atoms with van der Waals surface area (Å²) in [6.45, 7) is 0. The van der Waals surface area contributed by atoms with E-state index in [1.807, 2.05) is 0 Å². The second kappa shape index (κ2) is 4.45. The molecule has 0 spiro atoms. The molecule has 0 aromatic carbocycles. The van der Waals surface area contributed by atoms with Crippen LogP contribution in [0.15, 0.2) is 41.5 Å². The van der Waals surface area contributed by atoms with Gasteiger partial charge in [-0.3, -0.25) is 9.36 Å². The Bertz CT molecular complexity index is 637. The molecule has 0 aliphatic carbocycles. The van der Waals surface area contributed by atoms with Crippen LogP contribution < -0.4 is 5.56 Å². The summed E-state index contributed by atoms with van der Waals surface area (Å²) < 4.78 is 38.3. The maximum Gasteiger partial charge on any atom is 0.417 e. The predicted molar refractivity (Wildman–Crippen MR) is 59.8 cm³/mol. The second-order valence-electron chi connectivity index (χ2n) is 3.44. The molecule has 0 N–H and O–H groups in total. The zero-order valence-electron chi connectivity index (χ0n) is 8.78. The molecule has 2 rings (SSSR count). The summed E-state index contributed by atoms with van der Waals surface area (Å²) in [5, 5.41) is -0.238. The number of halogens is 4. The number of pyridine rings is 2. The van der Waals surface area contributed by atoms with Crippen LogP contribution in [0.2, 0.25) is 5.02 Å². The van der Waals surface area contributed by atoms with Gasteiger partial charge in [0.2, 0.25) is 0 Å². The highest BCUT2D eigenvalue weighted by Crippen LogP contribution is 2.31. The zero-order chi connectivity index (χ0) is 13.3. The van der Waals surface area contributed by atoms with Crippen LogP contribution in [0.4, 0.5) is 13.2 Å². The minimum Gasteiger partial charge on any atom is -0.269 e. The molecule has 2 heterocycles. The normalized spacial score (nSPS) is 11.6. The van der Waals surface area contributed by atoms with Crippen molar-refractivity contribution in [2.24, 2.45) is 0 Å². The van der Waals surface area contributed by atoms with E-state index in [0.29, 0.717) is 6.20 Å². The molecule has 0 fully saturated rings. The highest BCUT2D eigenvalue weighted by atomic mass is 35.5. The van der Waals surface area contributed by atoms with Crippen molar-refractivity contribution in [3.8, 4) is 5.82 Å². The van der Waals surface area contributed by atoms with E-state index >= 15 is 0 Å². The van der Waals surface area contributed by atoms with Crippen LogP contribution in [-0.4, -0.2) is 9.55 Å². The molecule has 0 amide bonds. The van der Waals surface area contributed by atoms with Crippen LogP contribution in [0.3, 0.4) is 0 Å². The van der Waals surface area contributed by atoms with Gasteiger partial charge in [0, 0.05) is 18.5 Å². The van der Waals surface area contributed by atoms with Crippen LogP contribution in [0.25, 0.3) is 5.82 Å². The molecule has 2 aromatic heterocycles. The molecule has 3 nitrogen and oxygen atoms in total. The molecule has 0 radical (unpaired) electrons. The van der Waals surface area contributed by atoms with Crippen molar-refractivity contribution < 1.29 is 13.2 Å². The predicted octanol–water partition coefficient (Wildman–Crippen LogP) is 2.90. The van der Waals surface area contributed by atoms with Crippen molar-refractivity contribution in [2.75, 3.05) is 0 Å². The Morgan fingerprint density at radius 2 is 2.00 bits per heavy atom. The van der Waals surface area contributed by atoms with Gasteiger partial charge in [-0.15, -0.1) is 0 Å². The number of nitrogens with zero attached hydrogens (tertiary/aromatic N) is 2. The molecule has 0 aliphatic rings. The molecule has 94 valence electrons. The minimum atomic E-state index is -4.52. The first-order chi connectivity index (χ1) is 8.39. The Morgan fingerprint density at radius 3 is 2.56 bits per heavy atom. The van der Waals surface area contributed by atoms with E-state index in [9.17, 15) is 18.0 Å². The number of hydrogen-bond donors (Lipinski definition) is 0. The Labute approximate surface area is 104 Å². The standard InChI is InChI=1S/C11H6ClF3N2O/c12-8-5-7(11(13,14)15)6-16-10(8)17-4-2-1-3-9(17)18/h1-6H.